The van der Waals surface area contributed by atoms with Crippen LogP contribution in [0.3, 0.4) is 0 Å². The Kier molecular flexibility index (Phi) is 2.27. The van der Waals surface area contributed by atoms with E-state index < -0.39 is 5.60 Å². The summed E-state index contributed by atoms with van der Waals surface area (Å²) in [6.45, 7) is 7.17. The number of nitrogens with one attached hydrogen (secondary N) is 1. The van der Waals surface area contributed by atoms with E-state index in [0.717, 1.165) is 6.54 Å². The summed E-state index contributed by atoms with van der Waals surface area (Å²) in [5.41, 5.74) is -0.400. The summed E-state index contributed by atoms with van der Waals surface area (Å²) in [6, 6.07) is 0.193. The summed E-state index contributed by atoms with van der Waals surface area (Å²) < 4.78 is 10.7. The van der Waals surface area contributed by atoms with Gasteiger partial charge in [-0.1, -0.05) is 0 Å². The molecular weight excluding hydrogens is 182 g/mol. The summed E-state index contributed by atoms with van der Waals surface area (Å²) in [4.78, 5) is 11.6. The molecule has 3 atom stereocenters. The monoisotopic (exact) mass is 199 g/mol. The molecule has 0 spiro atoms. The van der Waals surface area contributed by atoms with E-state index in [-0.39, 0.29) is 24.0 Å². The smallest absolute Gasteiger partial charge is 0.313 e. The third-order valence-electron chi connectivity index (χ3n) is 2.43. The van der Waals surface area contributed by atoms with Gasteiger partial charge in [0.15, 0.2) is 0 Å². The van der Waals surface area contributed by atoms with E-state index in [9.17, 15) is 4.79 Å². The van der Waals surface area contributed by atoms with Crippen molar-refractivity contribution in [3.63, 3.8) is 0 Å². The molecule has 0 amide bonds. The van der Waals surface area contributed by atoms with Gasteiger partial charge in [-0.25, -0.2) is 0 Å². The van der Waals surface area contributed by atoms with Gasteiger partial charge in [0, 0.05) is 6.54 Å². The summed E-state index contributed by atoms with van der Waals surface area (Å²) in [5.74, 6) is -0.223. The highest BCUT2D eigenvalue weighted by Gasteiger charge is 2.58. The molecule has 1 N–H and O–H groups in total. The van der Waals surface area contributed by atoms with Crippen LogP contribution in [0.2, 0.25) is 0 Å². The molecule has 4 heteroatoms. The maximum Gasteiger partial charge on any atom is 0.313 e. The van der Waals surface area contributed by atoms with Gasteiger partial charge < -0.3 is 14.8 Å². The molecule has 0 aromatic rings. The van der Waals surface area contributed by atoms with E-state index in [4.69, 9.17) is 9.47 Å². The molecule has 1 aliphatic heterocycles. The summed E-state index contributed by atoms with van der Waals surface area (Å²) in [6.07, 6.45) is 0.0543. The second-order valence-electron chi connectivity index (χ2n) is 4.87. The molecule has 1 saturated heterocycles. The Morgan fingerprint density at radius 2 is 2.21 bits per heavy atom. The van der Waals surface area contributed by atoms with Crippen molar-refractivity contribution in [3.8, 4) is 0 Å². The van der Waals surface area contributed by atoms with Gasteiger partial charge in [0.1, 0.15) is 11.5 Å². The zero-order valence-corrected chi connectivity index (χ0v) is 8.87. The second-order valence-corrected chi connectivity index (χ2v) is 4.87. The molecule has 1 aliphatic carbocycles. The molecule has 2 rings (SSSR count). The molecule has 2 aliphatic rings. The third-order valence-corrected chi connectivity index (χ3v) is 2.43. The minimum absolute atomic E-state index is 0.0543. The Hall–Kier alpha value is -0.610. The predicted octanol–water partition coefficient (Wildman–Crippen LogP) is 0.315. The Morgan fingerprint density at radius 3 is 2.71 bits per heavy atom. The highest BCUT2D eigenvalue weighted by atomic mass is 16.6. The van der Waals surface area contributed by atoms with Gasteiger partial charge in [0.05, 0.1) is 18.8 Å². The van der Waals surface area contributed by atoms with Gasteiger partial charge in [-0.15, -0.1) is 0 Å². The zero-order valence-electron chi connectivity index (χ0n) is 8.87. The largest absolute Gasteiger partial charge is 0.460 e. The highest BCUT2D eigenvalue weighted by molar-refractivity contribution is 5.78. The molecule has 0 unspecified atom stereocenters. The lowest BCUT2D eigenvalue weighted by atomic mass is 10.2. The van der Waals surface area contributed by atoms with Crippen LogP contribution in [0.15, 0.2) is 0 Å². The third kappa shape index (κ3) is 1.91. The quantitative estimate of drug-likeness (QED) is 0.618. The number of hydrogen-bond donors (Lipinski definition) is 1. The standard InChI is InChI=1S/C10H17NO3/c1-10(2,3)14-9(12)6-7-8(6)13-5-4-11-7/h6-8,11H,4-5H2,1-3H3/t6-,7-,8+/m1/s1. The Bertz CT molecular complexity index is 234. The van der Waals surface area contributed by atoms with E-state index >= 15 is 0 Å². The average molecular weight is 199 g/mol. The van der Waals surface area contributed by atoms with E-state index in [1.54, 1.807) is 0 Å². The van der Waals surface area contributed by atoms with E-state index in [2.05, 4.69) is 5.32 Å². The van der Waals surface area contributed by atoms with Crippen molar-refractivity contribution in [1.82, 2.24) is 5.32 Å². The fourth-order valence-corrected chi connectivity index (χ4v) is 1.80. The van der Waals surface area contributed by atoms with Gasteiger partial charge >= 0.3 is 5.97 Å². The van der Waals surface area contributed by atoms with Gasteiger partial charge in [-0.2, -0.15) is 0 Å². The lowest BCUT2D eigenvalue weighted by Crippen LogP contribution is -2.31. The Labute approximate surface area is 84.0 Å². The molecule has 80 valence electrons. The van der Waals surface area contributed by atoms with Crippen LogP contribution in [-0.2, 0) is 14.3 Å². The maximum absolute atomic E-state index is 11.6. The van der Waals surface area contributed by atoms with Crippen molar-refractivity contribution < 1.29 is 14.3 Å². The summed E-state index contributed by atoms with van der Waals surface area (Å²) in [5, 5.41) is 3.25. The van der Waals surface area contributed by atoms with Crippen LogP contribution in [0.5, 0.6) is 0 Å². The van der Waals surface area contributed by atoms with Gasteiger partial charge in [0.25, 0.3) is 0 Å². The highest BCUT2D eigenvalue weighted by Crippen LogP contribution is 2.38. The average Bonchev–Trinajstić information content (AvgIpc) is 2.73. The first-order valence-electron chi connectivity index (χ1n) is 5.07. The lowest BCUT2D eigenvalue weighted by Gasteiger charge is -2.19. The van der Waals surface area contributed by atoms with Gasteiger partial charge in [-0.3, -0.25) is 4.79 Å². The van der Waals surface area contributed by atoms with Crippen LogP contribution in [0.1, 0.15) is 20.8 Å². The maximum atomic E-state index is 11.6. The second kappa shape index (κ2) is 3.21. The minimum atomic E-state index is -0.400. The molecule has 0 radical (unpaired) electrons. The number of ether oxygens (including phenoxy) is 2. The van der Waals surface area contributed by atoms with Crippen LogP contribution in [0.25, 0.3) is 0 Å². The topological polar surface area (TPSA) is 47.6 Å². The first kappa shape index (κ1) is 9.93. The Morgan fingerprint density at radius 1 is 1.50 bits per heavy atom. The van der Waals surface area contributed by atoms with Crippen molar-refractivity contribution in [2.75, 3.05) is 13.2 Å². The summed E-state index contributed by atoms with van der Waals surface area (Å²) >= 11 is 0. The number of carbonyl (C=O) groups is 1. The number of fused-ring (bicyclic) bond motifs is 1. The van der Waals surface area contributed by atoms with Crippen molar-refractivity contribution >= 4 is 5.97 Å². The SMILES string of the molecule is CC(C)(C)OC(=O)[C@@H]1[C@H]2NCCO[C@H]21. The van der Waals surface area contributed by atoms with Crippen LogP contribution >= 0.6 is 0 Å². The zero-order chi connectivity index (χ0) is 10.3. The lowest BCUT2D eigenvalue weighted by molar-refractivity contribution is -0.157. The normalized spacial score (nSPS) is 36.1. The first-order chi connectivity index (χ1) is 6.49. The van der Waals surface area contributed by atoms with Crippen LogP contribution < -0.4 is 5.32 Å². The Balaban J connectivity index is 1.88. The van der Waals surface area contributed by atoms with Gasteiger partial charge in [-0.05, 0) is 20.8 Å². The number of morpholine rings is 1. The van der Waals surface area contributed by atoms with Crippen LogP contribution in [-0.4, -0.2) is 36.9 Å². The fraction of sp³-hybridized carbons (Fsp3) is 0.900. The van der Waals surface area contributed by atoms with E-state index in [0.29, 0.717) is 6.61 Å². The fourth-order valence-electron chi connectivity index (χ4n) is 1.80. The van der Waals surface area contributed by atoms with Crippen molar-refractivity contribution in [1.29, 1.82) is 0 Å². The molecule has 1 saturated carbocycles. The molecule has 0 aromatic carbocycles. The molecule has 14 heavy (non-hydrogen) atoms. The molecular formula is C10H17NO3. The number of esters is 1. The predicted molar refractivity (Wildman–Crippen MR) is 50.9 cm³/mol. The van der Waals surface area contributed by atoms with Crippen molar-refractivity contribution in [2.24, 2.45) is 5.92 Å². The van der Waals surface area contributed by atoms with E-state index in [1.165, 1.54) is 0 Å². The van der Waals surface area contributed by atoms with Crippen molar-refractivity contribution in [2.45, 2.75) is 38.5 Å². The molecule has 4 nitrogen and oxygen atoms in total. The van der Waals surface area contributed by atoms with E-state index in [1.807, 2.05) is 20.8 Å². The molecule has 0 bridgehead atoms. The number of hydrogen-bond acceptors (Lipinski definition) is 4. The molecule has 0 aromatic heterocycles. The minimum Gasteiger partial charge on any atom is -0.460 e. The summed E-state index contributed by atoms with van der Waals surface area (Å²) in [7, 11) is 0. The van der Waals surface area contributed by atoms with Crippen LogP contribution in [0.4, 0.5) is 0 Å². The first-order valence-corrected chi connectivity index (χ1v) is 5.07. The van der Waals surface area contributed by atoms with Crippen molar-refractivity contribution in [3.05, 3.63) is 0 Å². The molecule has 2 fully saturated rings. The number of carbonyl (C=O) groups excluding carboxylic acids is 1. The number of rotatable bonds is 1. The molecule has 1 heterocycles. The van der Waals surface area contributed by atoms with Crippen LogP contribution in [0, 0.1) is 5.92 Å². The van der Waals surface area contributed by atoms with Gasteiger partial charge in [0.2, 0.25) is 0 Å².